The molecule has 2 aromatic carbocycles. The molecule has 1 aromatic heterocycles. The zero-order valence-electron chi connectivity index (χ0n) is 11.9. The zero-order chi connectivity index (χ0) is 16.0. The minimum atomic E-state index is -0.132. The standard InChI is InChI=1S/C17H11ClIN3O/c18-10-4-5-13-12(7-10)16-17(21-13)15(20-8-14(23)22-16)9-2-1-3-11(19)6-9/h1-7,21H,8H2,(H,22,23). The molecule has 0 bridgehead atoms. The Labute approximate surface area is 151 Å². The summed E-state index contributed by atoms with van der Waals surface area (Å²) in [6, 6.07) is 13.6. The molecule has 23 heavy (non-hydrogen) atoms. The van der Waals surface area contributed by atoms with E-state index in [-0.39, 0.29) is 12.5 Å². The molecular formula is C17H11ClIN3O. The summed E-state index contributed by atoms with van der Waals surface area (Å²) in [6.45, 7) is 0.103. The summed E-state index contributed by atoms with van der Waals surface area (Å²) in [5.74, 6) is -0.132. The number of hydrogen-bond donors (Lipinski definition) is 2. The molecule has 1 aliphatic rings. The minimum absolute atomic E-state index is 0.103. The fraction of sp³-hybridized carbons (Fsp3) is 0.0588. The van der Waals surface area contributed by atoms with E-state index in [0.717, 1.165) is 37.1 Å². The average molecular weight is 436 g/mol. The van der Waals surface area contributed by atoms with Crippen molar-refractivity contribution in [2.45, 2.75) is 0 Å². The number of anilines is 1. The molecule has 1 aliphatic heterocycles. The van der Waals surface area contributed by atoms with E-state index < -0.39 is 0 Å². The molecule has 4 rings (SSSR count). The van der Waals surface area contributed by atoms with E-state index in [0.29, 0.717) is 5.02 Å². The van der Waals surface area contributed by atoms with Crippen LogP contribution in [0.1, 0.15) is 11.3 Å². The topological polar surface area (TPSA) is 57.2 Å². The molecule has 2 heterocycles. The first-order valence-electron chi connectivity index (χ1n) is 7.03. The average Bonchev–Trinajstić information content (AvgIpc) is 2.76. The fourth-order valence-corrected chi connectivity index (χ4v) is 3.47. The van der Waals surface area contributed by atoms with Crippen molar-refractivity contribution in [2.24, 2.45) is 4.99 Å². The van der Waals surface area contributed by atoms with Crippen molar-refractivity contribution in [1.29, 1.82) is 0 Å². The third-order valence-electron chi connectivity index (χ3n) is 3.74. The highest BCUT2D eigenvalue weighted by molar-refractivity contribution is 14.1. The van der Waals surface area contributed by atoms with Crippen LogP contribution < -0.4 is 5.32 Å². The number of carbonyl (C=O) groups is 1. The molecule has 0 fully saturated rings. The van der Waals surface area contributed by atoms with Gasteiger partial charge in [-0.1, -0.05) is 23.7 Å². The third-order valence-corrected chi connectivity index (χ3v) is 4.65. The van der Waals surface area contributed by atoms with Crippen molar-refractivity contribution in [3.63, 3.8) is 0 Å². The zero-order valence-corrected chi connectivity index (χ0v) is 14.8. The maximum atomic E-state index is 12.0. The first kappa shape index (κ1) is 14.7. The predicted molar refractivity (Wildman–Crippen MR) is 102 cm³/mol. The van der Waals surface area contributed by atoms with Crippen LogP contribution >= 0.6 is 34.2 Å². The second-order valence-electron chi connectivity index (χ2n) is 5.29. The Morgan fingerprint density at radius 1 is 1.17 bits per heavy atom. The number of carbonyl (C=O) groups excluding carboxylic acids is 1. The maximum Gasteiger partial charge on any atom is 0.246 e. The normalized spacial score (nSPS) is 14.2. The summed E-state index contributed by atoms with van der Waals surface area (Å²) < 4.78 is 1.12. The van der Waals surface area contributed by atoms with E-state index in [2.05, 4.69) is 44.0 Å². The molecule has 0 spiro atoms. The van der Waals surface area contributed by atoms with Gasteiger partial charge < -0.3 is 10.3 Å². The Kier molecular flexibility index (Phi) is 3.61. The molecule has 114 valence electrons. The highest BCUT2D eigenvalue weighted by Gasteiger charge is 2.22. The summed E-state index contributed by atoms with van der Waals surface area (Å²) in [5, 5.41) is 4.46. The number of aromatic nitrogens is 1. The van der Waals surface area contributed by atoms with E-state index in [4.69, 9.17) is 11.6 Å². The van der Waals surface area contributed by atoms with Gasteiger partial charge in [0.05, 0.1) is 17.1 Å². The number of rotatable bonds is 1. The van der Waals surface area contributed by atoms with Gasteiger partial charge in [0.15, 0.2) is 0 Å². The van der Waals surface area contributed by atoms with E-state index in [1.165, 1.54) is 0 Å². The summed E-state index contributed by atoms with van der Waals surface area (Å²) in [5.41, 5.74) is 4.23. The molecule has 1 amide bonds. The molecule has 0 radical (unpaired) electrons. The van der Waals surface area contributed by atoms with Gasteiger partial charge in [-0.25, -0.2) is 0 Å². The van der Waals surface area contributed by atoms with Crippen molar-refractivity contribution in [3.8, 4) is 0 Å². The second-order valence-corrected chi connectivity index (χ2v) is 6.97. The van der Waals surface area contributed by atoms with Gasteiger partial charge in [0.2, 0.25) is 5.91 Å². The number of nitrogens with one attached hydrogen (secondary N) is 2. The number of fused-ring (bicyclic) bond motifs is 3. The maximum absolute atomic E-state index is 12.0. The second kappa shape index (κ2) is 5.65. The van der Waals surface area contributed by atoms with Crippen LogP contribution in [-0.2, 0) is 4.79 Å². The number of halogens is 2. The number of benzene rings is 2. The van der Waals surface area contributed by atoms with Gasteiger partial charge >= 0.3 is 0 Å². The third kappa shape index (κ3) is 2.64. The van der Waals surface area contributed by atoms with Gasteiger partial charge in [-0.2, -0.15) is 0 Å². The van der Waals surface area contributed by atoms with E-state index in [9.17, 15) is 4.79 Å². The fourth-order valence-electron chi connectivity index (χ4n) is 2.75. The highest BCUT2D eigenvalue weighted by atomic mass is 127. The van der Waals surface area contributed by atoms with Crippen LogP contribution in [0.2, 0.25) is 5.02 Å². The van der Waals surface area contributed by atoms with Gasteiger partial charge in [-0.15, -0.1) is 0 Å². The summed E-state index contributed by atoms with van der Waals surface area (Å²) in [6.07, 6.45) is 0. The van der Waals surface area contributed by atoms with Gasteiger partial charge in [-0.3, -0.25) is 9.79 Å². The number of amides is 1. The van der Waals surface area contributed by atoms with Crippen LogP contribution in [0.5, 0.6) is 0 Å². The Morgan fingerprint density at radius 2 is 2.04 bits per heavy atom. The first-order chi connectivity index (χ1) is 11.1. The molecule has 4 nitrogen and oxygen atoms in total. The van der Waals surface area contributed by atoms with Gasteiger partial charge in [0, 0.05) is 25.1 Å². The van der Waals surface area contributed by atoms with Gasteiger partial charge in [0.1, 0.15) is 6.54 Å². The number of H-pyrrole nitrogens is 1. The van der Waals surface area contributed by atoms with Crippen LogP contribution in [-0.4, -0.2) is 23.1 Å². The van der Waals surface area contributed by atoms with Gasteiger partial charge in [0.25, 0.3) is 0 Å². The smallest absolute Gasteiger partial charge is 0.246 e. The quantitative estimate of drug-likeness (QED) is 0.553. The van der Waals surface area contributed by atoms with Crippen LogP contribution in [0, 0.1) is 3.57 Å². The summed E-state index contributed by atoms with van der Waals surface area (Å²) in [4.78, 5) is 19.9. The Morgan fingerprint density at radius 3 is 2.87 bits per heavy atom. The molecule has 0 aliphatic carbocycles. The number of aromatic amines is 1. The molecule has 2 N–H and O–H groups in total. The number of aliphatic imine (C=N–C) groups is 1. The lowest BCUT2D eigenvalue weighted by molar-refractivity contribution is -0.114. The van der Waals surface area contributed by atoms with E-state index >= 15 is 0 Å². The molecule has 0 saturated carbocycles. The lowest BCUT2D eigenvalue weighted by atomic mass is 10.1. The van der Waals surface area contributed by atoms with E-state index in [1.807, 2.05) is 36.4 Å². The van der Waals surface area contributed by atoms with Crippen molar-refractivity contribution in [2.75, 3.05) is 11.9 Å². The van der Waals surface area contributed by atoms with Crippen molar-refractivity contribution in [1.82, 2.24) is 4.98 Å². The van der Waals surface area contributed by atoms with E-state index in [1.54, 1.807) is 0 Å². The molecule has 3 aromatic rings. The first-order valence-corrected chi connectivity index (χ1v) is 8.49. The molecule has 0 saturated heterocycles. The molecule has 6 heteroatoms. The lowest BCUT2D eigenvalue weighted by Gasteiger charge is -2.06. The summed E-state index contributed by atoms with van der Waals surface area (Å²) >= 11 is 8.38. The van der Waals surface area contributed by atoms with Crippen molar-refractivity contribution in [3.05, 3.63) is 62.3 Å². The molecule has 0 atom stereocenters. The number of nitrogens with zero attached hydrogens (tertiary/aromatic N) is 1. The summed E-state index contributed by atoms with van der Waals surface area (Å²) in [7, 11) is 0. The van der Waals surface area contributed by atoms with Crippen LogP contribution in [0.15, 0.2) is 47.5 Å². The van der Waals surface area contributed by atoms with Crippen LogP contribution in [0.4, 0.5) is 5.69 Å². The van der Waals surface area contributed by atoms with Crippen molar-refractivity contribution < 1.29 is 4.79 Å². The Balaban J connectivity index is 1.99. The SMILES string of the molecule is O=C1CN=C(c2cccc(I)c2)c2[nH]c3ccc(Cl)cc3c2N1. The monoisotopic (exact) mass is 435 g/mol. The Bertz CT molecular complexity index is 977. The molecular weight excluding hydrogens is 425 g/mol. The largest absolute Gasteiger partial charge is 0.351 e. The predicted octanol–water partition coefficient (Wildman–Crippen LogP) is 4.22. The molecule has 0 unspecified atom stereocenters. The Hall–Kier alpha value is -1.86. The van der Waals surface area contributed by atoms with Gasteiger partial charge in [-0.05, 0) is 52.9 Å². The van der Waals surface area contributed by atoms with Crippen molar-refractivity contribution >= 4 is 62.4 Å². The number of hydrogen-bond acceptors (Lipinski definition) is 2. The highest BCUT2D eigenvalue weighted by Crippen LogP contribution is 2.33. The minimum Gasteiger partial charge on any atom is -0.351 e. The van der Waals surface area contributed by atoms with Crippen LogP contribution in [0.3, 0.4) is 0 Å². The van der Waals surface area contributed by atoms with Crippen LogP contribution in [0.25, 0.3) is 10.9 Å². The lowest BCUT2D eigenvalue weighted by Crippen LogP contribution is -2.13.